The van der Waals surface area contributed by atoms with Crippen molar-refractivity contribution in [2.75, 3.05) is 0 Å². The third-order valence-electron chi connectivity index (χ3n) is 5.79. The maximum Gasteiger partial charge on any atom is 0.0412 e. The zero-order chi connectivity index (χ0) is 21.6. The van der Waals surface area contributed by atoms with Gasteiger partial charge in [0.15, 0.2) is 0 Å². The Hall–Kier alpha value is -1.27. The van der Waals surface area contributed by atoms with E-state index in [-0.39, 0.29) is 0 Å². The molecule has 0 nitrogen and oxygen atoms in total. The minimum absolute atomic E-state index is 0.425. The van der Waals surface area contributed by atoms with E-state index >= 15 is 0 Å². The summed E-state index contributed by atoms with van der Waals surface area (Å²) in [6.07, 6.45) is 17.7. The van der Waals surface area contributed by atoms with E-state index in [0.717, 1.165) is 37.1 Å². The largest absolute Gasteiger partial charge is 0.0845 e. The Labute approximate surface area is 186 Å². The molecule has 1 atom stereocenters. The molecule has 0 bridgehead atoms. The van der Waals surface area contributed by atoms with Crippen LogP contribution in [0, 0.1) is 5.92 Å². The molecule has 0 aliphatic heterocycles. The van der Waals surface area contributed by atoms with Crippen molar-refractivity contribution >= 4 is 17.2 Å². The number of benzene rings is 1. The van der Waals surface area contributed by atoms with Crippen molar-refractivity contribution in [1.29, 1.82) is 0 Å². The van der Waals surface area contributed by atoms with Crippen LogP contribution in [0.3, 0.4) is 0 Å². The molecule has 1 aromatic carbocycles. The molecule has 0 heterocycles. The molecule has 0 N–H and O–H groups in total. The van der Waals surface area contributed by atoms with Gasteiger partial charge >= 0.3 is 0 Å². The third kappa shape index (κ3) is 8.55. The highest BCUT2D eigenvalue weighted by Crippen LogP contribution is 2.35. The van der Waals surface area contributed by atoms with E-state index in [1.54, 1.807) is 0 Å². The maximum absolute atomic E-state index is 6.46. The van der Waals surface area contributed by atoms with Crippen LogP contribution in [-0.2, 0) is 6.42 Å². The fourth-order valence-electron chi connectivity index (χ4n) is 3.88. The van der Waals surface area contributed by atoms with Gasteiger partial charge < -0.3 is 0 Å². The lowest BCUT2D eigenvalue weighted by molar-refractivity contribution is 0.725. The first-order valence-electron chi connectivity index (χ1n) is 11.8. The number of rotatable bonds is 13. The van der Waals surface area contributed by atoms with Gasteiger partial charge in [0.2, 0.25) is 0 Å². The van der Waals surface area contributed by atoms with Gasteiger partial charge in [0.25, 0.3) is 0 Å². The van der Waals surface area contributed by atoms with E-state index < -0.39 is 0 Å². The summed E-state index contributed by atoms with van der Waals surface area (Å²) in [5, 5.41) is 0.848. The van der Waals surface area contributed by atoms with Gasteiger partial charge in [-0.1, -0.05) is 102 Å². The topological polar surface area (TPSA) is 0 Å². The molecular weight excluding hydrogens is 372 g/mol. The minimum Gasteiger partial charge on any atom is -0.0845 e. The molecular formula is C28H43Cl. The van der Waals surface area contributed by atoms with Crippen LogP contribution in [0.25, 0.3) is 5.57 Å². The van der Waals surface area contributed by atoms with Crippen molar-refractivity contribution in [3.05, 3.63) is 63.7 Å². The van der Waals surface area contributed by atoms with Crippen LogP contribution in [0.15, 0.2) is 47.6 Å². The number of hydrogen-bond acceptors (Lipinski definition) is 0. The molecule has 0 saturated carbocycles. The van der Waals surface area contributed by atoms with Gasteiger partial charge in [0, 0.05) is 10.9 Å². The van der Waals surface area contributed by atoms with Gasteiger partial charge in [-0.3, -0.25) is 0 Å². The molecule has 0 radical (unpaired) electrons. The predicted molar refractivity (Wildman–Crippen MR) is 134 cm³/mol. The van der Waals surface area contributed by atoms with E-state index in [2.05, 4.69) is 78.0 Å². The molecule has 1 heteroatoms. The van der Waals surface area contributed by atoms with Crippen LogP contribution in [0.4, 0.5) is 0 Å². The molecule has 162 valence electrons. The standard InChI is InChI=1S/C28H43Cl/c1-7-11-14-18-27(28-21-26(29)20-19-25(28)15-10-4)23(6)22(5)24(16-12-8-2)17-13-9-3/h12,16-17,19-22H,7-11,13-15,18H2,1-6H3/b16-12-,24-17+,27-23+/t22-/m1/s1. The summed E-state index contributed by atoms with van der Waals surface area (Å²) < 4.78 is 0. The summed E-state index contributed by atoms with van der Waals surface area (Å²) in [5.41, 5.74) is 7.30. The van der Waals surface area contributed by atoms with Crippen molar-refractivity contribution in [3.8, 4) is 0 Å². The summed E-state index contributed by atoms with van der Waals surface area (Å²) in [6, 6.07) is 6.50. The minimum atomic E-state index is 0.425. The number of hydrogen-bond donors (Lipinski definition) is 0. The van der Waals surface area contributed by atoms with Crippen molar-refractivity contribution in [3.63, 3.8) is 0 Å². The van der Waals surface area contributed by atoms with Gasteiger partial charge in [-0.15, -0.1) is 0 Å². The van der Waals surface area contributed by atoms with Crippen LogP contribution >= 0.6 is 11.6 Å². The smallest absolute Gasteiger partial charge is 0.0412 e. The highest BCUT2D eigenvalue weighted by atomic mass is 35.5. The van der Waals surface area contributed by atoms with Gasteiger partial charge in [-0.2, -0.15) is 0 Å². The Balaban J connectivity index is 3.48. The molecule has 1 rings (SSSR count). The zero-order valence-electron chi connectivity index (χ0n) is 19.8. The number of unbranched alkanes of at least 4 members (excludes halogenated alkanes) is 3. The first kappa shape index (κ1) is 25.8. The normalized spacial score (nSPS) is 14.4. The summed E-state index contributed by atoms with van der Waals surface area (Å²) >= 11 is 6.46. The second-order valence-corrected chi connectivity index (χ2v) is 8.63. The first-order chi connectivity index (χ1) is 14.0. The monoisotopic (exact) mass is 414 g/mol. The fraction of sp³-hybridized carbons (Fsp3) is 0.571. The second kappa shape index (κ2) is 14.7. The Kier molecular flexibility index (Phi) is 13.0. The SMILES string of the molecule is CC/C=C\C(=C/CCC)[C@H](C)/C(C)=C(\CCCCC)c1cc(Cl)ccc1CCC. The van der Waals surface area contributed by atoms with Gasteiger partial charge in [0.05, 0.1) is 0 Å². The number of halogens is 1. The molecule has 0 unspecified atom stereocenters. The quantitative estimate of drug-likeness (QED) is 0.222. The molecule has 0 spiro atoms. The molecule has 0 aliphatic carbocycles. The van der Waals surface area contributed by atoms with Gasteiger partial charge in [-0.25, -0.2) is 0 Å². The molecule has 0 amide bonds. The zero-order valence-corrected chi connectivity index (χ0v) is 20.5. The average molecular weight is 415 g/mol. The van der Waals surface area contributed by atoms with E-state index in [1.807, 2.05) is 0 Å². The highest BCUT2D eigenvalue weighted by molar-refractivity contribution is 6.30. The van der Waals surface area contributed by atoms with Gasteiger partial charge in [0.1, 0.15) is 0 Å². The van der Waals surface area contributed by atoms with Crippen LogP contribution < -0.4 is 0 Å². The third-order valence-corrected chi connectivity index (χ3v) is 6.02. The maximum atomic E-state index is 6.46. The van der Waals surface area contributed by atoms with E-state index in [1.165, 1.54) is 53.5 Å². The number of allylic oxidation sites excluding steroid dienone is 6. The van der Waals surface area contributed by atoms with E-state index in [4.69, 9.17) is 11.6 Å². The van der Waals surface area contributed by atoms with Crippen LogP contribution in [0.2, 0.25) is 5.02 Å². The fourth-order valence-corrected chi connectivity index (χ4v) is 4.05. The van der Waals surface area contributed by atoms with Crippen LogP contribution in [-0.4, -0.2) is 0 Å². The summed E-state index contributed by atoms with van der Waals surface area (Å²) in [6.45, 7) is 13.7. The molecule has 0 aliphatic rings. The van der Waals surface area contributed by atoms with Gasteiger partial charge in [-0.05, 0) is 73.4 Å². The Morgan fingerprint density at radius 1 is 1.03 bits per heavy atom. The van der Waals surface area contributed by atoms with Crippen molar-refractivity contribution in [1.82, 2.24) is 0 Å². The molecule has 29 heavy (non-hydrogen) atoms. The predicted octanol–water partition coefficient (Wildman–Crippen LogP) is 9.98. The average Bonchev–Trinajstić information content (AvgIpc) is 2.72. The lowest BCUT2D eigenvalue weighted by atomic mass is 9.83. The summed E-state index contributed by atoms with van der Waals surface area (Å²) in [4.78, 5) is 0. The summed E-state index contributed by atoms with van der Waals surface area (Å²) in [7, 11) is 0. The van der Waals surface area contributed by atoms with E-state index in [9.17, 15) is 0 Å². The molecule has 1 aromatic rings. The Morgan fingerprint density at radius 3 is 2.41 bits per heavy atom. The lowest BCUT2D eigenvalue weighted by Crippen LogP contribution is -2.05. The van der Waals surface area contributed by atoms with Crippen molar-refractivity contribution in [2.24, 2.45) is 5.92 Å². The number of aryl methyl sites for hydroxylation is 1. The summed E-state index contributed by atoms with van der Waals surface area (Å²) in [5.74, 6) is 0.425. The second-order valence-electron chi connectivity index (χ2n) is 8.20. The Morgan fingerprint density at radius 2 is 1.79 bits per heavy atom. The highest BCUT2D eigenvalue weighted by Gasteiger charge is 2.17. The molecule has 0 saturated heterocycles. The van der Waals surface area contributed by atoms with Crippen molar-refractivity contribution < 1.29 is 0 Å². The molecule has 0 fully saturated rings. The first-order valence-corrected chi connectivity index (χ1v) is 12.2. The van der Waals surface area contributed by atoms with Crippen molar-refractivity contribution in [2.45, 2.75) is 99.3 Å². The van der Waals surface area contributed by atoms with Crippen LogP contribution in [0.5, 0.6) is 0 Å². The Bertz CT molecular complexity index is 690. The lowest BCUT2D eigenvalue weighted by Gasteiger charge is -2.22. The van der Waals surface area contributed by atoms with E-state index in [0.29, 0.717) is 5.92 Å². The molecule has 0 aromatic heterocycles. The van der Waals surface area contributed by atoms with Crippen LogP contribution in [0.1, 0.15) is 104 Å².